The molecule has 6 aromatic heterocycles. The molecule has 0 aliphatic rings. The first-order valence-corrected chi connectivity index (χ1v) is 44.4. The molecule has 0 aliphatic heterocycles. The summed E-state index contributed by atoms with van der Waals surface area (Å²) in [6.45, 7) is 7.25. The summed E-state index contributed by atoms with van der Waals surface area (Å²) >= 11 is 0. The summed E-state index contributed by atoms with van der Waals surface area (Å²) in [6, 6.07) is 170. The predicted octanol–water partition coefficient (Wildman–Crippen LogP) is 32.3. The second kappa shape index (κ2) is 32.3. The molecule has 26 aromatic rings. The molecular formula is C123H77N9. The molecular weight excluding hydrogens is 1600 g/mol. The first-order chi connectivity index (χ1) is 65.3. The Balaban J connectivity index is 0.000000110. The van der Waals surface area contributed by atoms with Crippen LogP contribution in [-0.4, -0.2) is 27.4 Å². The van der Waals surface area contributed by atoms with Gasteiger partial charge in [-0.05, 0) is 250 Å². The Labute approximate surface area is 760 Å². The second-order valence-corrected chi connectivity index (χ2v) is 33.6. The average molecular weight is 1680 g/mol. The fraction of sp³-hybridized carbons (Fsp3) is 0. The van der Waals surface area contributed by atoms with Crippen LogP contribution < -0.4 is 0 Å². The first kappa shape index (κ1) is 77.3. The van der Waals surface area contributed by atoms with E-state index in [0.29, 0.717) is 16.8 Å². The van der Waals surface area contributed by atoms with Crippen molar-refractivity contribution in [3.8, 4) is 102 Å². The zero-order valence-electron chi connectivity index (χ0n) is 71.5. The van der Waals surface area contributed by atoms with Crippen molar-refractivity contribution in [1.29, 1.82) is 10.5 Å². The van der Waals surface area contributed by atoms with E-state index < -0.39 is 0 Å². The lowest BCUT2D eigenvalue weighted by Crippen LogP contribution is -1.94. The van der Waals surface area contributed by atoms with Gasteiger partial charge in [0.2, 0.25) is 0 Å². The number of nitriles is 2. The highest BCUT2D eigenvalue weighted by molar-refractivity contribution is 6.17. The van der Waals surface area contributed by atoms with Gasteiger partial charge in [-0.25, -0.2) is 4.85 Å². The minimum absolute atomic E-state index is 0.655. The van der Waals surface area contributed by atoms with Crippen LogP contribution in [0.2, 0.25) is 0 Å². The summed E-state index contributed by atoms with van der Waals surface area (Å²) in [5, 5.41) is 33.4. The smallest absolute Gasteiger partial charge is 0.187 e. The number of rotatable bonds is 11. The number of fused-ring (bicyclic) bond motifs is 18. The van der Waals surface area contributed by atoms with E-state index in [4.69, 9.17) is 6.57 Å². The monoisotopic (exact) mass is 1680 g/mol. The maximum absolute atomic E-state index is 9.27. The van der Waals surface area contributed by atoms with Crippen LogP contribution in [0, 0.1) is 29.2 Å². The van der Waals surface area contributed by atoms with Crippen molar-refractivity contribution in [2.45, 2.75) is 0 Å². The number of hydrogen-bond acceptors (Lipinski definition) is 2. The lowest BCUT2D eigenvalue weighted by Gasteiger charge is -2.11. The molecule has 20 aromatic carbocycles. The van der Waals surface area contributed by atoms with E-state index in [1.54, 1.807) is 0 Å². The SMILES string of the molecule is N#Cc1ccc(-c2cccc(-n3c4ccccc4c4ccc(-c5ccc6c(c5)c5ccccc5n6-c5ccccc5)cc43)c2)cc1.N#Cc1ccc(-n2c3ccccc3c3cc(-c4ccc5c(c4)c4ccccc4n5-c4ccccc4)ccc32)cc1.[C-]#[N+]c1ccc(-c2ccc(-n3c4ccccc4c4ccc(-c5ccc6c(c5)c5ccccc5n6-c5ccccc5)cc43)cc2)cc1. The van der Waals surface area contributed by atoms with E-state index in [2.05, 4.69) is 439 Å². The van der Waals surface area contributed by atoms with Crippen molar-refractivity contribution in [2.75, 3.05) is 0 Å². The molecule has 9 nitrogen and oxygen atoms in total. The molecule has 0 saturated heterocycles. The number of benzene rings is 20. The van der Waals surface area contributed by atoms with Crippen LogP contribution in [0.25, 0.3) is 225 Å². The minimum Gasteiger partial charge on any atom is -0.309 e. The van der Waals surface area contributed by atoms with Gasteiger partial charge in [-0.15, -0.1) is 0 Å². The molecule has 26 rings (SSSR count). The minimum atomic E-state index is 0.655. The van der Waals surface area contributed by atoms with Crippen molar-refractivity contribution < 1.29 is 0 Å². The molecule has 0 radical (unpaired) electrons. The van der Waals surface area contributed by atoms with Crippen LogP contribution in [0.15, 0.2) is 467 Å². The van der Waals surface area contributed by atoms with Gasteiger partial charge in [-0.1, -0.05) is 273 Å². The molecule has 0 unspecified atom stereocenters. The molecule has 0 bridgehead atoms. The summed E-state index contributed by atoms with van der Waals surface area (Å²) in [7, 11) is 0. The van der Waals surface area contributed by atoms with Gasteiger partial charge in [0.05, 0.1) is 96.0 Å². The van der Waals surface area contributed by atoms with Crippen molar-refractivity contribution in [2.24, 2.45) is 0 Å². The Kier molecular flexibility index (Phi) is 18.9. The number of aromatic nitrogens is 6. The maximum atomic E-state index is 9.27. The van der Waals surface area contributed by atoms with Crippen LogP contribution in [0.3, 0.4) is 0 Å². The van der Waals surface area contributed by atoms with Crippen molar-refractivity contribution in [3.63, 3.8) is 0 Å². The van der Waals surface area contributed by atoms with Crippen molar-refractivity contribution in [1.82, 2.24) is 27.4 Å². The van der Waals surface area contributed by atoms with Crippen LogP contribution in [0.5, 0.6) is 0 Å². The highest BCUT2D eigenvalue weighted by Crippen LogP contribution is 2.45. The lowest BCUT2D eigenvalue weighted by atomic mass is 10.0. The molecule has 6 heterocycles. The standard InChI is InChI=1S/2C43H27N3.C37H23N3/c1-44-33-21-15-29(16-22-33)30-17-23-35(24-18-30)46-40-13-7-5-11-36(40)38-25-19-32(28-43(38)46)31-20-26-42-39(27-31)37-12-6-8-14-41(37)45(42)34-9-3-2-4-10-34;44-28-29-17-19-30(20-18-29)31-9-8-12-35(25-31)46-40-15-6-4-13-36(40)38-23-21-33(27-43(38)46)32-22-24-42-39(26-32)37-14-5-7-16-41(37)45(42)34-10-2-1-3-11-34;38-24-25-14-18-29(19-15-25)40-35-13-7-5-11-31(35)33-23-27(17-21-37(33)40)26-16-20-36-32(22-26)30-10-4-6-12-34(30)39(36)28-8-2-1-3-9-28/h2-28H;1-27H;1-23H. The van der Waals surface area contributed by atoms with E-state index in [1.807, 2.05) is 72.8 Å². The van der Waals surface area contributed by atoms with Gasteiger partial charge in [0.25, 0.3) is 0 Å². The highest BCUT2D eigenvalue weighted by Gasteiger charge is 2.23. The quantitative estimate of drug-likeness (QED) is 0.121. The average Bonchev–Trinajstić information content (AvgIpc) is 1.62. The van der Waals surface area contributed by atoms with E-state index in [1.165, 1.54) is 165 Å². The van der Waals surface area contributed by atoms with Gasteiger partial charge in [0.15, 0.2) is 5.69 Å². The molecule has 0 N–H and O–H groups in total. The number of nitrogens with zero attached hydrogens (tertiary/aromatic N) is 9. The Morgan fingerprint density at radius 2 is 0.379 bits per heavy atom. The first-order valence-electron chi connectivity index (χ1n) is 44.4. The Bertz CT molecular complexity index is 9200. The Morgan fingerprint density at radius 3 is 0.720 bits per heavy atom. The molecule has 0 amide bonds. The summed E-state index contributed by atoms with van der Waals surface area (Å²) in [5.41, 5.74) is 34.6. The van der Waals surface area contributed by atoms with E-state index in [-0.39, 0.29) is 0 Å². The summed E-state index contributed by atoms with van der Waals surface area (Å²) in [5.74, 6) is 0. The molecule has 132 heavy (non-hydrogen) atoms. The van der Waals surface area contributed by atoms with E-state index in [9.17, 15) is 10.5 Å². The highest BCUT2D eigenvalue weighted by atomic mass is 15.0. The van der Waals surface area contributed by atoms with Crippen LogP contribution in [-0.2, 0) is 0 Å². The fourth-order valence-electron chi connectivity index (χ4n) is 20.1. The fourth-order valence-corrected chi connectivity index (χ4v) is 20.1. The van der Waals surface area contributed by atoms with Crippen molar-refractivity contribution in [3.05, 3.63) is 490 Å². The Hall–Kier alpha value is -18.3. The molecule has 0 aliphatic carbocycles. The van der Waals surface area contributed by atoms with Crippen LogP contribution in [0.4, 0.5) is 5.69 Å². The maximum Gasteiger partial charge on any atom is 0.187 e. The molecule has 0 fully saturated rings. The van der Waals surface area contributed by atoms with Crippen LogP contribution >= 0.6 is 0 Å². The molecule has 0 spiro atoms. The number of hydrogen-bond donors (Lipinski definition) is 0. The largest absolute Gasteiger partial charge is 0.309 e. The van der Waals surface area contributed by atoms with Gasteiger partial charge < -0.3 is 27.4 Å². The lowest BCUT2D eigenvalue weighted by molar-refractivity contribution is 1.18. The second-order valence-electron chi connectivity index (χ2n) is 33.6. The van der Waals surface area contributed by atoms with Crippen molar-refractivity contribution >= 4 is 137 Å². The molecule has 9 heteroatoms. The van der Waals surface area contributed by atoms with Gasteiger partial charge in [0, 0.05) is 98.8 Å². The zero-order chi connectivity index (χ0) is 87.9. The summed E-state index contributed by atoms with van der Waals surface area (Å²) in [4.78, 5) is 3.53. The van der Waals surface area contributed by atoms with Gasteiger partial charge in [-0.2, -0.15) is 10.5 Å². The topological polar surface area (TPSA) is 81.5 Å². The molecule has 0 saturated carbocycles. The Morgan fingerprint density at radius 1 is 0.159 bits per heavy atom. The normalized spacial score (nSPS) is 11.5. The third-order valence-electron chi connectivity index (χ3n) is 26.2. The van der Waals surface area contributed by atoms with E-state index in [0.717, 1.165) is 56.0 Å². The van der Waals surface area contributed by atoms with Gasteiger partial charge in [0.1, 0.15) is 0 Å². The third-order valence-corrected chi connectivity index (χ3v) is 26.2. The van der Waals surface area contributed by atoms with Gasteiger partial charge in [-0.3, -0.25) is 0 Å². The number of para-hydroxylation sites is 9. The summed E-state index contributed by atoms with van der Waals surface area (Å²) in [6.07, 6.45) is 0. The predicted molar refractivity (Wildman–Crippen MR) is 548 cm³/mol. The summed E-state index contributed by atoms with van der Waals surface area (Å²) < 4.78 is 14.1. The zero-order valence-corrected chi connectivity index (χ0v) is 71.5. The van der Waals surface area contributed by atoms with E-state index >= 15 is 0 Å². The third kappa shape index (κ3) is 13.2. The van der Waals surface area contributed by atoms with Crippen LogP contribution in [0.1, 0.15) is 11.1 Å². The van der Waals surface area contributed by atoms with Gasteiger partial charge >= 0.3 is 0 Å². The molecule has 0 atom stereocenters. The molecule has 614 valence electrons.